The van der Waals surface area contributed by atoms with Crippen molar-refractivity contribution in [1.29, 1.82) is 0 Å². The van der Waals surface area contributed by atoms with E-state index in [0.29, 0.717) is 13.0 Å². The smallest absolute Gasteiger partial charge is 0.243 e. The molecule has 1 saturated heterocycles. The Morgan fingerprint density at radius 1 is 1.53 bits per heavy atom. The second kappa shape index (κ2) is 5.92. The van der Waals surface area contributed by atoms with Crippen molar-refractivity contribution in [2.75, 3.05) is 18.0 Å². The Morgan fingerprint density at radius 3 is 2.89 bits per heavy atom. The topological polar surface area (TPSA) is 58.4 Å². The number of nitrogens with two attached hydrogens (primary N) is 1. The molecule has 1 aliphatic heterocycles. The Kier molecular flexibility index (Phi) is 4.47. The molecule has 0 aliphatic carbocycles. The number of hydrogen-bond donors (Lipinski definition) is 2. The van der Waals surface area contributed by atoms with Crippen LogP contribution in [0.1, 0.15) is 18.9 Å². The summed E-state index contributed by atoms with van der Waals surface area (Å²) < 4.78 is 1.06. The molecule has 1 fully saturated rings. The predicted molar refractivity (Wildman–Crippen MR) is 81.3 cm³/mol. The largest absolute Gasteiger partial charge is 0.357 e. The van der Waals surface area contributed by atoms with Crippen molar-refractivity contribution in [3.05, 3.63) is 28.2 Å². The van der Waals surface area contributed by atoms with Crippen molar-refractivity contribution >= 4 is 27.5 Å². The number of nitrogens with zero attached hydrogens (tertiary/aromatic N) is 1. The molecule has 19 heavy (non-hydrogen) atoms. The standard InChI is InChI=1S/C14H20BrN3O/c1-9-3-4-11(7-12(9)15)18-8-10(2)17-14(19)13(18)5-6-16/h3-4,7,10,13H,5-6,8,16H2,1-2H3,(H,17,19). The fraction of sp³-hybridized carbons (Fsp3) is 0.500. The number of aryl methyl sites for hydroxylation is 1. The number of carbonyl (C=O) groups is 1. The van der Waals surface area contributed by atoms with Crippen LogP contribution >= 0.6 is 15.9 Å². The van der Waals surface area contributed by atoms with Gasteiger partial charge in [-0.1, -0.05) is 22.0 Å². The van der Waals surface area contributed by atoms with E-state index in [1.54, 1.807) is 0 Å². The Morgan fingerprint density at radius 2 is 2.26 bits per heavy atom. The highest BCUT2D eigenvalue weighted by atomic mass is 79.9. The number of benzene rings is 1. The molecule has 2 atom stereocenters. The van der Waals surface area contributed by atoms with Crippen molar-refractivity contribution in [1.82, 2.24) is 5.32 Å². The molecule has 0 radical (unpaired) electrons. The second-order valence-corrected chi connectivity index (χ2v) is 5.94. The van der Waals surface area contributed by atoms with Crippen LogP contribution in [0.4, 0.5) is 5.69 Å². The van der Waals surface area contributed by atoms with Crippen LogP contribution in [0.5, 0.6) is 0 Å². The Balaban J connectivity index is 2.31. The lowest BCUT2D eigenvalue weighted by atomic mass is 10.0. The van der Waals surface area contributed by atoms with Gasteiger partial charge in [-0.3, -0.25) is 4.79 Å². The molecule has 4 nitrogen and oxygen atoms in total. The zero-order valence-electron chi connectivity index (χ0n) is 11.3. The van der Waals surface area contributed by atoms with Gasteiger partial charge in [0, 0.05) is 22.7 Å². The number of nitrogens with one attached hydrogen (secondary N) is 1. The summed E-state index contributed by atoms with van der Waals surface area (Å²) in [6.45, 7) is 5.39. The van der Waals surface area contributed by atoms with Crippen LogP contribution < -0.4 is 16.0 Å². The Bertz CT molecular complexity index is 478. The molecule has 0 bridgehead atoms. The van der Waals surface area contributed by atoms with E-state index in [9.17, 15) is 4.79 Å². The average molecular weight is 326 g/mol. The number of anilines is 1. The summed E-state index contributed by atoms with van der Waals surface area (Å²) in [5.41, 5.74) is 7.89. The van der Waals surface area contributed by atoms with E-state index in [1.165, 1.54) is 5.56 Å². The highest BCUT2D eigenvalue weighted by Gasteiger charge is 2.32. The van der Waals surface area contributed by atoms with Crippen molar-refractivity contribution in [2.45, 2.75) is 32.4 Å². The van der Waals surface area contributed by atoms with E-state index in [-0.39, 0.29) is 18.0 Å². The molecule has 104 valence electrons. The van der Waals surface area contributed by atoms with Crippen LogP contribution in [0.15, 0.2) is 22.7 Å². The molecule has 0 spiro atoms. The number of amides is 1. The van der Waals surface area contributed by atoms with Gasteiger partial charge in [0.25, 0.3) is 0 Å². The molecule has 2 unspecified atom stereocenters. The van der Waals surface area contributed by atoms with Gasteiger partial charge in [0.2, 0.25) is 5.91 Å². The highest BCUT2D eigenvalue weighted by molar-refractivity contribution is 9.10. The van der Waals surface area contributed by atoms with E-state index >= 15 is 0 Å². The van der Waals surface area contributed by atoms with Crippen molar-refractivity contribution in [3.63, 3.8) is 0 Å². The Labute approximate surface area is 122 Å². The van der Waals surface area contributed by atoms with E-state index < -0.39 is 0 Å². The lowest BCUT2D eigenvalue weighted by Crippen LogP contribution is -2.59. The lowest BCUT2D eigenvalue weighted by molar-refractivity contribution is -0.124. The lowest BCUT2D eigenvalue weighted by Gasteiger charge is -2.40. The normalized spacial score (nSPS) is 23.4. The van der Waals surface area contributed by atoms with Crippen molar-refractivity contribution in [3.8, 4) is 0 Å². The van der Waals surface area contributed by atoms with Gasteiger partial charge in [-0.05, 0) is 44.5 Å². The van der Waals surface area contributed by atoms with Gasteiger partial charge in [0.05, 0.1) is 0 Å². The molecule has 0 saturated carbocycles. The van der Waals surface area contributed by atoms with Crippen molar-refractivity contribution in [2.24, 2.45) is 5.73 Å². The SMILES string of the molecule is Cc1ccc(N2CC(C)NC(=O)C2CCN)cc1Br. The van der Waals surface area contributed by atoms with E-state index in [1.807, 2.05) is 6.92 Å². The summed E-state index contributed by atoms with van der Waals surface area (Å²) in [6.07, 6.45) is 0.671. The first-order valence-corrected chi connectivity index (χ1v) is 7.35. The second-order valence-electron chi connectivity index (χ2n) is 5.09. The van der Waals surface area contributed by atoms with Crippen LogP contribution in [-0.4, -0.2) is 31.1 Å². The summed E-state index contributed by atoms with van der Waals surface area (Å²) in [5, 5.41) is 2.99. The number of rotatable bonds is 3. The van der Waals surface area contributed by atoms with Crippen molar-refractivity contribution < 1.29 is 4.79 Å². The van der Waals surface area contributed by atoms with Crippen LogP contribution in [-0.2, 0) is 4.79 Å². The van der Waals surface area contributed by atoms with Gasteiger partial charge >= 0.3 is 0 Å². The van der Waals surface area contributed by atoms with Crippen LogP contribution in [0.25, 0.3) is 0 Å². The first kappa shape index (κ1) is 14.3. The first-order chi connectivity index (χ1) is 9.02. The molecule has 1 amide bonds. The molecule has 1 heterocycles. The number of hydrogen-bond acceptors (Lipinski definition) is 3. The molecule has 3 N–H and O–H groups in total. The summed E-state index contributed by atoms with van der Waals surface area (Å²) >= 11 is 3.55. The minimum atomic E-state index is -0.171. The maximum absolute atomic E-state index is 12.1. The first-order valence-electron chi connectivity index (χ1n) is 6.56. The average Bonchev–Trinajstić information content (AvgIpc) is 2.36. The molecular weight excluding hydrogens is 306 g/mol. The summed E-state index contributed by atoms with van der Waals surface area (Å²) in [5.74, 6) is 0.0703. The summed E-state index contributed by atoms with van der Waals surface area (Å²) in [7, 11) is 0. The minimum absolute atomic E-state index is 0.0703. The Hall–Kier alpha value is -1.07. The zero-order chi connectivity index (χ0) is 14.0. The molecule has 2 rings (SSSR count). The van der Waals surface area contributed by atoms with Gasteiger partial charge in [-0.25, -0.2) is 0 Å². The molecular formula is C14H20BrN3O. The van der Waals surface area contributed by atoms with E-state index in [2.05, 4.69) is 51.3 Å². The quantitative estimate of drug-likeness (QED) is 0.890. The third-order valence-corrected chi connectivity index (χ3v) is 4.32. The van der Waals surface area contributed by atoms with E-state index in [4.69, 9.17) is 5.73 Å². The van der Waals surface area contributed by atoms with E-state index in [0.717, 1.165) is 16.7 Å². The molecule has 5 heteroatoms. The molecule has 1 aromatic carbocycles. The van der Waals surface area contributed by atoms with Crippen LogP contribution in [0.3, 0.4) is 0 Å². The molecule has 1 aliphatic rings. The van der Waals surface area contributed by atoms with Gasteiger partial charge in [-0.15, -0.1) is 0 Å². The summed E-state index contributed by atoms with van der Waals surface area (Å²) in [6, 6.07) is 6.19. The maximum atomic E-state index is 12.1. The number of halogens is 1. The van der Waals surface area contributed by atoms with Crippen LogP contribution in [0.2, 0.25) is 0 Å². The van der Waals surface area contributed by atoms with Gasteiger partial charge in [0.1, 0.15) is 6.04 Å². The van der Waals surface area contributed by atoms with Gasteiger partial charge in [0.15, 0.2) is 0 Å². The maximum Gasteiger partial charge on any atom is 0.243 e. The predicted octanol–water partition coefficient (Wildman–Crippen LogP) is 1.80. The van der Waals surface area contributed by atoms with Gasteiger partial charge in [-0.2, -0.15) is 0 Å². The zero-order valence-corrected chi connectivity index (χ0v) is 12.9. The monoisotopic (exact) mass is 325 g/mol. The fourth-order valence-electron chi connectivity index (χ4n) is 2.44. The third-order valence-electron chi connectivity index (χ3n) is 3.47. The molecule has 1 aromatic rings. The molecule has 0 aromatic heterocycles. The van der Waals surface area contributed by atoms with Crippen LogP contribution in [0, 0.1) is 6.92 Å². The highest BCUT2D eigenvalue weighted by Crippen LogP contribution is 2.27. The summed E-state index contributed by atoms with van der Waals surface area (Å²) in [4.78, 5) is 14.3. The minimum Gasteiger partial charge on any atom is -0.357 e. The number of carbonyl (C=O) groups excluding carboxylic acids is 1. The number of piperazine rings is 1. The third kappa shape index (κ3) is 3.09. The fourth-order valence-corrected chi connectivity index (χ4v) is 2.81. The van der Waals surface area contributed by atoms with Gasteiger partial charge < -0.3 is 16.0 Å².